The van der Waals surface area contributed by atoms with Crippen molar-refractivity contribution in [2.75, 3.05) is 24.2 Å². The zero-order chi connectivity index (χ0) is 13.7. The van der Waals surface area contributed by atoms with Crippen molar-refractivity contribution in [2.45, 2.75) is 18.2 Å². The number of para-hydroxylation sites is 1. The van der Waals surface area contributed by atoms with Crippen LogP contribution in [0.1, 0.15) is 13.3 Å². The van der Waals surface area contributed by atoms with E-state index in [1.807, 2.05) is 37.3 Å². The maximum Gasteiger partial charge on any atom is 0.231 e. The number of carbonyl (C=O) groups is 1. The Hall–Kier alpha value is -1.26. The second kappa shape index (κ2) is 6.26. The van der Waals surface area contributed by atoms with Crippen molar-refractivity contribution in [1.82, 2.24) is 5.32 Å². The molecule has 1 unspecified atom stereocenters. The van der Waals surface area contributed by atoms with E-state index >= 15 is 0 Å². The predicted molar refractivity (Wildman–Crippen MR) is 81.6 cm³/mol. The Kier molecular flexibility index (Phi) is 4.66. The van der Waals surface area contributed by atoms with Gasteiger partial charge in [-0.15, -0.1) is 18.3 Å². The van der Waals surface area contributed by atoms with Gasteiger partial charge in [0.1, 0.15) is 0 Å². The van der Waals surface area contributed by atoms with E-state index in [0.29, 0.717) is 0 Å². The lowest BCUT2D eigenvalue weighted by Crippen LogP contribution is -2.35. The van der Waals surface area contributed by atoms with Crippen LogP contribution >= 0.6 is 11.8 Å². The monoisotopic (exact) mass is 276 g/mol. The summed E-state index contributed by atoms with van der Waals surface area (Å²) in [6.45, 7) is 7.40. The fraction of sp³-hybridized carbons (Fsp3) is 0.400. The molecule has 2 rings (SSSR count). The zero-order valence-corrected chi connectivity index (χ0v) is 12.1. The molecule has 0 radical (unpaired) electrons. The van der Waals surface area contributed by atoms with Crippen LogP contribution in [0.2, 0.25) is 0 Å². The number of thioether (sulfide) groups is 1. The van der Waals surface area contributed by atoms with Crippen molar-refractivity contribution in [3.8, 4) is 0 Å². The summed E-state index contributed by atoms with van der Waals surface area (Å²) < 4.78 is 0. The minimum absolute atomic E-state index is 0.101. The minimum Gasteiger partial charge on any atom is -0.325 e. The van der Waals surface area contributed by atoms with Crippen LogP contribution in [-0.4, -0.2) is 24.7 Å². The molecule has 1 aromatic carbocycles. The summed E-state index contributed by atoms with van der Waals surface area (Å²) in [6, 6.07) is 7.91. The Bertz CT molecular complexity index is 467. The lowest BCUT2D eigenvalue weighted by molar-refractivity contribution is -0.123. The number of benzene rings is 1. The fourth-order valence-corrected chi connectivity index (χ4v) is 2.88. The maximum atomic E-state index is 12.4. The Morgan fingerprint density at radius 3 is 3.05 bits per heavy atom. The first-order chi connectivity index (χ1) is 9.15. The molecule has 0 spiro atoms. The molecule has 1 aliphatic heterocycles. The molecule has 0 aliphatic carbocycles. The highest BCUT2D eigenvalue weighted by atomic mass is 32.2. The zero-order valence-electron chi connectivity index (χ0n) is 11.2. The highest BCUT2D eigenvalue weighted by molar-refractivity contribution is 7.99. The summed E-state index contributed by atoms with van der Waals surface area (Å²) in [5.74, 6) is 0.940. The van der Waals surface area contributed by atoms with E-state index in [4.69, 9.17) is 0 Å². The Balaban J connectivity index is 2.09. The van der Waals surface area contributed by atoms with Crippen LogP contribution in [0.3, 0.4) is 0 Å². The third-order valence-electron chi connectivity index (χ3n) is 3.41. The Labute approximate surface area is 118 Å². The molecule has 0 aromatic heterocycles. The van der Waals surface area contributed by atoms with Gasteiger partial charge < -0.3 is 10.6 Å². The smallest absolute Gasteiger partial charge is 0.231 e. The van der Waals surface area contributed by atoms with Gasteiger partial charge in [-0.1, -0.05) is 18.2 Å². The SMILES string of the molecule is C=CCSc1ccccc1NC(=O)C1(C)CCNC1. The number of hydrogen-bond donors (Lipinski definition) is 2. The summed E-state index contributed by atoms with van der Waals surface area (Å²) in [5.41, 5.74) is 0.600. The normalized spacial score (nSPS) is 22.2. The van der Waals surface area contributed by atoms with Gasteiger partial charge in [0, 0.05) is 17.2 Å². The average molecular weight is 276 g/mol. The molecule has 1 aromatic rings. The standard InChI is InChI=1S/C15H20N2OS/c1-3-10-19-13-7-5-4-6-12(13)17-14(18)15(2)8-9-16-11-15/h3-7,16H,1,8-11H2,2H3,(H,17,18). The van der Waals surface area contributed by atoms with E-state index in [2.05, 4.69) is 17.2 Å². The fourth-order valence-electron chi connectivity index (χ4n) is 2.13. The number of nitrogens with one attached hydrogen (secondary N) is 2. The molecule has 1 fully saturated rings. The highest BCUT2D eigenvalue weighted by Crippen LogP contribution is 2.30. The van der Waals surface area contributed by atoms with Gasteiger partial charge in [0.05, 0.1) is 11.1 Å². The number of amides is 1. The third kappa shape index (κ3) is 3.39. The van der Waals surface area contributed by atoms with Gasteiger partial charge in [-0.25, -0.2) is 0 Å². The van der Waals surface area contributed by atoms with Crippen LogP contribution in [0.15, 0.2) is 41.8 Å². The van der Waals surface area contributed by atoms with Gasteiger partial charge in [-0.2, -0.15) is 0 Å². The molecule has 102 valence electrons. The molecule has 2 N–H and O–H groups in total. The number of hydrogen-bond acceptors (Lipinski definition) is 3. The molecule has 4 heteroatoms. The largest absolute Gasteiger partial charge is 0.325 e. The van der Waals surface area contributed by atoms with Crippen LogP contribution in [0, 0.1) is 5.41 Å². The number of rotatable bonds is 5. The van der Waals surface area contributed by atoms with Crippen LogP contribution < -0.4 is 10.6 Å². The highest BCUT2D eigenvalue weighted by Gasteiger charge is 2.36. The second-order valence-corrected chi connectivity index (χ2v) is 6.10. The van der Waals surface area contributed by atoms with Crippen molar-refractivity contribution < 1.29 is 4.79 Å². The quantitative estimate of drug-likeness (QED) is 0.642. The number of carbonyl (C=O) groups excluding carboxylic acids is 1. The van der Waals surface area contributed by atoms with E-state index in [-0.39, 0.29) is 11.3 Å². The first-order valence-electron chi connectivity index (χ1n) is 6.50. The van der Waals surface area contributed by atoms with Crippen molar-refractivity contribution in [1.29, 1.82) is 0 Å². The average Bonchev–Trinajstić information content (AvgIpc) is 2.86. The molecule has 1 atom stereocenters. The Morgan fingerprint density at radius 1 is 1.58 bits per heavy atom. The van der Waals surface area contributed by atoms with Crippen molar-refractivity contribution in [3.05, 3.63) is 36.9 Å². The van der Waals surface area contributed by atoms with Gasteiger partial charge in [0.25, 0.3) is 0 Å². The molecule has 0 bridgehead atoms. The summed E-state index contributed by atoms with van der Waals surface area (Å²) in [7, 11) is 0. The molecular weight excluding hydrogens is 256 g/mol. The van der Waals surface area contributed by atoms with E-state index < -0.39 is 0 Å². The van der Waals surface area contributed by atoms with Crippen LogP contribution in [0.5, 0.6) is 0 Å². The molecule has 1 heterocycles. The molecule has 1 amide bonds. The molecular formula is C15H20N2OS. The van der Waals surface area contributed by atoms with E-state index in [9.17, 15) is 4.79 Å². The summed E-state index contributed by atoms with van der Waals surface area (Å²) in [6.07, 6.45) is 2.76. The maximum absolute atomic E-state index is 12.4. The van der Waals surface area contributed by atoms with E-state index in [1.54, 1.807) is 11.8 Å². The van der Waals surface area contributed by atoms with Gasteiger partial charge >= 0.3 is 0 Å². The summed E-state index contributed by atoms with van der Waals surface area (Å²) >= 11 is 1.68. The predicted octanol–water partition coefficient (Wildman–Crippen LogP) is 2.90. The van der Waals surface area contributed by atoms with Crippen LogP contribution in [0.25, 0.3) is 0 Å². The van der Waals surface area contributed by atoms with Gasteiger partial charge in [0.15, 0.2) is 0 Å². The lowest BCUT2D eigenvalue weighted by atomic mass is 9.89. The molecule has 19 heavy (non-hydrogen) atoms. The topological polar surface area (TPSA) is 41.1 Å². The molecule has 1 aliphatic rings. The van der Waals surface area contributed by atoms with Crippen molar-refractivity contribution in [2.24, 2.45) is 5.41 Å². The summed E-state index contributed by atoms with van der Waals surface area (Å²) in [4.78, 5) is 13.5. The summed E-state index contributed by atoms with van der Waals surface area (Å²) in [5, 5.41) is 6.32. The van der Waals surface area contributed by atoms with Crippen molar-refractivity contribution >= 4 is 23.4 Å². The van der Waals surface area contributed by atoms with Gasteiger partial charge in [-0.3, -0.25) is 4.79 Å². The third-order valence-corrected chi connectivity index (χ3v) is 4.48. The molecule has 0 saturated carbocycles. The first kappa shape index (κ1) is 14.2. The number of anilines is 1. The van der Waals surface area contributed by atoms with Gasteiger partial charge in [0.2, 0.25) is 5.91 Å². The first-order valence-corrected chi connectivity index (χ1v) is 7.49. The van der Waals surface area contributed by atoms with Crippen LogP contribution in [0.4, 0.5) is 5.69 Å². The molecule has 1 saturated heterocycles. The van der Waals surface area contributed by atoms with Gasteiger partial charge in [-0.05, 0) is 32.0 Å². The van der Waals surface area contributed by atoms with E-state index in [1.165, 1.54) is 0 Å². The minimum atomic E-state index is -0.295. The Morgan fingerprint density at radius 2 is 2.37 bits per heavy atom. The lowest BCUT2D eigenvalue weighted by Gasteiger charge is -2.22. The van der Waals surface area contributed by atoms with E-state index in [0.717, 1.165) is 35.8 Å². The van der Waals surface area contributed by atoms with Crippen LogP contribution in [-0.2, 0) is 4.79 Å². The molecule has 3 nitrogen and oxygen atoms in total. The van der Waals surface area contributed by atoms with Crippen molar-refractivity contribution in [3.63, 3.8) is 0 Å². The second-order valence-electron chi connectivity index (χ2n) is 5.04.